The van der Waals surface area contributed by atoms with Crippen LogP contribution in [0.3, 0.4) is 0 Å². The van der Waals surface area contributed by atoms with Gasteiger partial charge in [0.05, 0.1) is 17.1 Å². The first kappa shape index (κ1) is 20.2. The quantitative estimate of drug-likeness (QED) is 0.710. The number of nitrogens with one attached hydrogen (secondary N) is 2. The third-order valence-electron chi connectivity index (χ3n) is 8.07. The van der Waals surface area contributed by atoms with Crippen molar-refractivity contribution in [3.05, 3.63) is 23.9 Å². The molecule has 8 nitrogen and oxygen atoms in total. The predicted molar refractivity (Wildman–Crippen MR) is 123 cm³/mol. The number of aryl methyl sites for hydroxylation is 1. The normalized spacial score (nSPS) is 29.7. The van der Waals surface area contributed by atoms with E-state index in [0.717, 1.165) is 48.8 Å². The Morgan fingerprint density at radius 2 is 1.72 bits per heavy atom. The Kier molecular flexibility index (Phi) is 4.95. The molecule has 0 saturated carbocycles. The third kappa shape index (κ3) is 3.31. The number of piperazine rings is 1. The molecule has 2 N–H and O–H groups in total. The molecular weight excluding hydrogens is 404 g/mol. The summed E-state index contributed by atoms with van der Waals surface area (Å²) < 4.78 is 1.89. The SMILES string of the molecule is Cn1nc(C2CCC(=O)NC2=O)c2ccc(N3CC4CCC(C3)N4C3CCNCC3)cc21. The fourth-order valence-electron chi connectivity index (χ4n) is 6.53. The van der Waals surface area contributed by atoms with E-state index >= 15 is 0 Å². The van der Waals surface area contributed by atoms with Crippen molar-refractivity contribution >= 4 is 28.4 Å². The summed E-state index contributed by atoms with van der Waals surface area (Å²) in [6.45, 7) is 4.47. The van der Waals surface area contributed by atoms with Gasteiger partial charge in [0.25, 0.3) is 0 Å². The van der Waals surface area contributed by atoms with E-state index in [1.165, 1.54) is 31.4 Å². The van der Waals surface area contributed by atoms with Crippen molar-refractivity contribution < 1.29 is 9.59 Å². The molecule has 4 aliphatic rings. The number of anilines is 1. The fraction of sp³-hybridized carbons (Fsp3) is 0.625. The van der Waals surface area contributed by atoms with Crippen molar-refractivity contribution in [2.75, 3.05) is 31.1 Å². The van der Waals surface area contributed by atoms with Crippen LogP contribution in [0.2, 0.25) is 0 Å². The van der Waals surface area contributed by atoms with Crippen LogP contribution >= 0.6 is 0 Å². The van der Waals surface area contributed by atoms with E-state index in [9.17, 15) is 9.59 Å². The van der Waals surface area contributed by atoms with Gasteiger partial charge >= 0.3 is 0 Å². The first-order valence-electron chi connectivity index (χ1n) is 12.1. The molecule has 8 heteroatoms. The minimum Gasteiger partial charge on any atom is -0.368 e. The zero-order valence-corrected chi connectivity index (χ0v) is 18.7. The lowest BCUT2D eigenvalue weighted by Gasteiger charge is -2.47. The number of hydrogen-bond donors (Lipinski definition) is 2. The summed E-state index contributed by atoms with van der Waals surface area (Å²) in [7, 11) is 1.94. The van der Waals surface area contributed by atoms with Crippen LogP contribution in [0.15, 0.2) is 18.2 Å². The second-order valence-electron chi connectivity index (χ2n) is 9.93. The van der Waals surface area contributed by atoms with Crippen LogP contribution in [0.1, 0.15) is 50.1 Å². The van der Waals surface area contributed by atoms with Crippen LogP contribution in [-0.2, 0) is 16.6 Å². The van der Waals surface area contributed by atoms with Gasteiger partial charge in [-0.2, -0.15) is 5.10 Å². The van der Waals surface area contributed by atoms with Crippen LogP contribution in [0.5, 0.6) is 0 Å². The molecule has 6 rings (SSSR count). The van der Waals surface area contributed by atoms with Crippen LogP contribution in [0.4, 0.5) is 5.69 Å². The molecule has 2 amide bonds. The number of benzene rings is 1. The van der Waals surface area contributed by atoms with Gasteiger partial charge in [-0.05, 0) is 63.4 Å². The molecule has 32 heavy (non-hydrogen) atoms. The Hall–Kier alpha value is -2.45. The Balaban J connectivity index is 1.25. The second kappa shape index (κ2) is 7.85. The average Bonchev–Trinajstić information content (AvgIpc) is 3.26. The lowest BCUT2D eigenvalue weighted by molar-refractivity contribution is -0.134. The molecule has 0 spiro atoms. The highest BCUT2D eigenvalue weighted by atomic mass is 16.2. The molecule has 170 valence electrons. The maximum absolute atomic E-state index is 12.4. The van der Waals surface area contributed by atoms with Gasteiger partial charge in [-0.1, -0.05) is 0 Å². The lowest BCUT2D eigenvalue weighted by atomic mass is 9.92. The zero-order chi connectivity index (χ0) is 21.8. The molecule has 0 aliphatic carbocycles. The smallest absolute Gasteiger partial charge is 0.235 e. The summed E-state index contributed by atoms with van der Waals surface area (Å²) in [4.78, 5) is 29.4. The molecule has 5 heterocycles. The molecule has 1 aromatic carbocycles. The average molecular weight is 437 g/mol. The first-order valence-corrected chi connectivity index (χ1v) is 12.1. The largest absolute Gasteiger partial charge is 0.368 e. The van der Waals surface area contributed by atoms with Gasteiger partial charge in [-0.15, -0.1) is 0 Å². The molecule has 3 atom stereocenters. The topological polar surface area (TPSA) is 82.5 Å². The van der Waals surface area contributed by atoms with Gasteiger partial charge in [0, 0.05) is 55.8 Å². The summed E-state index contributed by atoms with van der Waals surface area (Å²) in [6, 6.07) is 8.59. The molecule has 3 unspecified atom stereocenters. The standard InChI is InChI=1S/C24H32N6O2/c1-28-21-12-16(4-5-19(21)23(27-28)20-6-7-22(31)26-24(20)32)29-13-17-2-3-18(14-29)30(17)15-8-10-25-11-9-15/h4-5,12,15,17-18,20,25H,2-3,6-11,13-14H2,1H3,(H,26,31,32). The van der Waals surface area contributed by atoms with Crippen LogP contribution in [-0.4, -0.2) is 70.8 Å². The number of piperidine rings is 2. The number of rotatable bonds is 3. The Labute approximate surface area is 188 Å². The molecule has 1 aromatic heterocycles. The Morgan fingerprint density at radius 1 is 0.969 bits per heavy atom. The number of carbonyl (C=O) groups is 2. The number of aromatic nitrogens is 2. The summed E-state index contributed by atoms with van der Waals surface area (Å²) in [5.74, 6) is -0.769. The van der Waals surface area contributed by atoms with Gasteiger partial charge in [-0.3, -0.25) is 24.5 Å². The lowest BCUT2D eigenvalue weighted by Crippen LogP contribution is -2.58. The van der Waals surface area contributed by atoms with E-state index in [4.69, 9.17) is 5.10 Å². The van der Waals surface area contributed by atoms with Gasteiger partial charge in [0.1, 0.15) is 0 Å². The highest BCUT2D eigenvalue weighted by molar-refractivity contribution is 6.02. The van der Waals surface area contributed by atoms with Gasteiger partial charge < -0.3 is 10.2 Å². The minimum atomic E-state index is -0.355. The second-order valence-corrected chi connectivity index (χ2v) is 9.93. The van der Waals surface area contributed by atoms with Gasteiger partial charge in [0.2, 0.25) is 11.8 Å². The fourth-order valence-corrected chi connectivity index (χ4v) is 6.53. The number of hydrogen-bond acceptors (Lipinski definition) is 6. The minimum absolute atomic E-state index is 0.188. The van der Waals surface area contributed by atoms with Crippen molar-refractivity contribution in [2.24, 2.45) is 7.05 Å². The molecule has 4 saturated heterocycles. The van der Waals surface area contributed by atoms with E-state index in [1.54, 1.807) is 0 Å². The molecule has 4 aliphatic heterocycles. The predicted octanol–water partition coefficient (Wildman–Crippen LogP) is 1.50. The molecule has 0 radical (unpaired) electrons. The molecule has 4 fully saturated rings. The highest BCUT2D eigenvalue weighted by Crippen LogP contribution is 2.38. The van der Waals surface area contributed by atoms with Crippen molar-refractivity contribution in [1.29, 1.82) is 0 Å². The molecule has 2 aromatic rings. The maximum atomic E-state index is 12.4. The van der Waals surface area contributed by atoms with Crippen molar-refractivity contribution in [3.63, 3.8) is 0 Å². The van der Waals surface area contributed by atoms with Crippen LogP contribution in [0.25, 0.3) is 10.9 Å². The highest BCUT2D eigenvalue weighted by Gasteiger charge is 2.43. The van der Waals surface area contributed by atoms with E-state index in [-0.39, 0.29) is 17.7 Å². The number of carbonyl (C=O) groups excluding carboxylic acids is 2. The number of amides is 2. The monoisotopic (exact) mass is 436 g/mol. The number of fused-ring (bicyclic) bond motifs is 3. The van der Waals surface area contributed by atoms with Crippen molar-refractivity contribution in [3.8, 4) is 0 Å². The number of imide groups is 1. The Morgan fingerprint density at radius 3 is 2.44 bits per heavy atom. The van der Waals surface area contributed by atoms with E-state index in [1.807, 2.05) is 11.7 Å². The number of nitrogens with zero attached hydrogens (tertiary/aromatic N) is 4. The van der Waals surface area contributed by atoms with Gasteiger partial charge in [0.15, 0.2) is 0 Å². The van der Waals surface area contributed by atoms with Crippen LogP contribution < -0.4 is 15.5 Å². The van der Waals surface area contributed by atoms with E-state index < -0.39 is 0 Å². The molecule has 2 bridgehead atoms. The van der Waals surface area contributed by atoms with Crippen molar-refractivity contribution in [1.82, 2.24) is 25.3 Å². The third-order valence-corrected chi connectivity index (χ3v) is 8.07. The zero-order valence-electron chi connectivity index (χ0n) is 18.7. The summed E-state index contributed by atoms with van der Waals surface area (Å²) in [5.41, 5.74) is 3.09. The van der Waals surface area contributed by atoms with Crippen molar-refractivity contribution in [2.45, 2.75) is 62.6 Å². The van der Waals surface area contributed by atoms with Gasteiger partial charge in [-0.25, -0.2) is 0 Å². The first-order chi connectivity index (χ1) is 15.6. The van der Waals surface area contributed by atoms with E-state index in [2.05, 4.69) is 38.6 Å². The van der Waals surface area contributed by atoms with E-state index in [0.29, 0.717) is 24.9 Å². The summed E-state index contributed by atoms with van der Waals surface area (Å²) >= 11 is 0. The van der Waals surface area contributed by atoms with Crippen LogP contribution in [0, 0.1) is 0 Å². The Bertz CT molecular complexity index is 1040. The molecular formula is C24H32N6O2. The summed E-state index contributed by atoms with van der Waals surface area (Å²) in [6.07, 6.45) is 6.06. The maximum Gasteiger partial charge on any atom is 0.235 e. The summed E-state index contributed by atoms with van der Waals surface area (Å²) in [5, 5.41) is 11.7.